The Morgan fingerprint density at radius 3 is 3.00 bits per heavy atom. The van der Waals surface area contributed by atoms with Crippen LogP contribution < -0.4 is 5.32 Å². The molecule has 1 aromatic rings. The van der Waals surface area contributed by atoms with E-state index in [1.54, 1.807) is 18.4 Å². The monoisotopic (exact) mass is 256 g/mol. The Morgan fingerprint density at radius 1 is 1.53 bits per heavy atom. The highest BCUT2D eigenvalue weighted by molar-refractivity contribution is 7.09. The predicted molar refractivity (Wildman–Crippen MR) is 69.1 cm³/mol. The molecular weight excluding hydrogens is 236 g/mol. The van der Waals surface area contributed by atoms with Crippen LogP contribution in [0.25, 0.3) is 0 Å². The number of ether oxygens (including phenoxy) is 1. The number of hydrogen-bond donors (Lipinski definition) is 1. The van der Waals surface area contributed by atoms with Crippen molar-refractivity contribution in [3.8, 4) is 0 Å². The molecule has 0 aliphatic rings. The lowest BCUT2D eigenvalue weighted by Crippen LogP contribution is -2.22. The van der Waals surface area contributed by atoms with E-state index in [-0.39, 0.29) is 5.91 Å². The number of hydrogen-bond acceptors (Lipinski definition) is 4. The summed E-state index contributed by atoms with van der Waals surface area (Å²) < 4.78 is 4.93. The number of aryl methyl sites for hydroxylation is 1. The number of carbonyl (C=O) groups excluding carboxylic acids is 1. The Morgan fingerprint density at radius 2 is 2.35 bits per heavy atom. The first-order valence-electron chi connectivity index (χ1n) is 5.95. The minimum Gasteiger partial charge on any atom is -0.385 e. The van der Waals surface area contributed by atoms with E-state index in [4.69, 9.17) is 4.74 Å². The highest BCUT2D eigenvalue weighted by atomic mass is 32.1. The minimum atomic E-state index is 0.0900. The predicted octanol–water partition coefficient (Wildman–Crippen LogP) is 2.14. The number of nitrogens with one attached hydrogen (secondary N) is 1. The lowest BCUT2D eigenvalue weighted by atomic mass is 10.2. The smallest absolute Gasteiger partial charge is 0.220 e. The molecule has 0 spiro atoms. The van der Waals surface area contributed by atoms with Gasteiger partial charge in [0.25, 0.3) is 0 Å². The molecule has 0 saturated carbocycles. The van der Waals surface area contributed by atoms with E-state index in [2.05, 4.69) is 17.2 Å². The molecule has 1 N–H and O–H groups in total. The van der Waals surface area contributed by atoms with Crippen molar-refractivity contribution in [3.63, 3.8) is 0 Å². The lowest BCUT2D eigenvalue weighted by molar-refractivity contribution is -0.121. The maximum Gasteiger partial charge on any atom is 0.220 e. The molecule has 0 radical (unpaired) electrons. The van der Waals surface area contributed by atoms with Crippen LogP contribution in [0.15, 0.2) is 5.38 Å². The normalized spacial score (nSPS) is 10.5. The summed E-state index contributed by atoms with van der Waals surface area (Å²) in [7, 11) is 1.67. The maximum absolute atomic E-state index is 11.5. The number of thiazole rings is 1. The fourth-order valence-electron chi connectivity index (χ4n) is 1.40. The summed E-state index contributed by atoms with van der Waals surface area (Å²) in [6.45, 7) is 3.34. The van der Waals surface area contributed by atoms with Gasteiger partial charge in [-0.3, -0.25) is 4.79 Å². The zero-order chi connectivity index (χ0) is 12.5. The minimum absolute atomic E-state index is 0.0900. The molecule has 1 heterocycles. The van der Waals surface area contributed by atoms with Crippen LogP contribution >= 0.6 is 11.3 Å². The van der Waals surface area contributed by atoms with Gasteiger partial charge in [0.05, 0.1) is 17.2 Å². The quantitative estimate of drug-likeness (QED) is 0.725. The first-order valence-corrected chi connectivity index (χ1v) is 6.83. The van der Waals surface area contributed by atoms with Crippen LogP contribution in [0.3, 0.4) is 0 Å². The highest BCUT2D eigenvalue weighted by Crippen LogP contribution is 2.09. The largest absolute Gasteiger partial charge is 0.385 e. The van der Waals surface area contributed by atoms with Crippen LogP contribution in [0, 0.1) is 0 Å². The van der Waals surface area contributed by atoms with Crippen molar-refractivity contribution >= 4 is 17.2 Å². The Kier molecular flexibility index (Phi) is 6.81. The zero-order valence-corrected chi connectivity index (χ0v) is 11.3. The van der Waals surface area contributed by atoms with E-state index in [1.807, 2.05) is 5.38 Å². The maximum atomic E-state index is 11.5. The molecule has 96 valence electrons. The molecule has 0 aliphatic carbocycles. The van der Waals surface area contributed by atoms with Crippen molar-refractivity contribution in [1.82, 2.24) is 10.3 Å². The van der Waals surface area contributed by atoms with Crippen molar-refractivity contribution < 1.29 is 9.53 Å². The van der Waals surface area contributed by atoms with Gasteiger partial charge < -0.3 is 10.1 Å². The standard InChI is InChI=1S/C12H20N2O2S/c1-3-12-14-10(9-17-12)8-13-11(15)6-4-5-7-16-2/h9H,3-8H2,1-2H3,(H,13,15). The van der Waals surface area contributed by atoms with Gasteiger partial charge in [-0.1, -0.05) is 6.92 Å². The van der Waals surface area contributed by atoms with Crippen LogP contribution in [0.1, 0.15) is 36.9 Å². The molecule has 1 amide bonds. The number of rotatable bonds is 8. The molecule has 0 fully saturated rings. The van der Waals surface area contributed by atoms with Crippen LogP contribution in [-0.2, 0) is 22.5 Å². The molecule has 0 aliphatic heterocycles. The van der Waals surface area contributed by atoms with Gasteiger partial charge in [-0.25, -0.2) is 4.98 Å². The SMILES string of the molecule is CCc1nc(CNC(=O)CCCCOC)cs1. The number of carbonyl (C=O) groups is 1. The van der Waals surface area contributed by atoms with Gasteiger partial charge in [0.2, 0.25) is 5.91 Å². The van der Waals surface area contributed by atoms with E-state index in [0.29, 0.717) is 13.0 Å². The first kappa shape index (κ1) is 14.1. The Balaban J connectivity index is 2.14. The summed E-state index contributed by atoms with van der Waals surface area (Å²) in [5, 5.41) is 6.00. The fraction of sp³-hybridized carbons (Fsp3) is 0.667. The average molecular weight is 256 g/mol. The third-order valence-electron chi connectivity index (χ3n) is 2.37. The van der Waals surface area contributed by atoms with E-state index >= 15 is 0 Å². The zero-order valence-electron chi connectivity index (χ0n) is 10.5. The van der Waals surface area contributed by atoms with Gasteiger partial charge >= 0.3 is 0 Å². The summed E-state index contributed by atoms with van der Waals surface area (Å²) in [5.74, 6) is 0.0900. The molecule has 4 nitrogen and oxygen atoms in total. The van der Waals surface area contributed by atoms with Crippen LogP contribution in [-0.4, -0.2) is 24.6 Å². The number of amides is 1. The molecule has 0 bridgehead atoms. The van der Waals surface area contributed by atoms with Gasteiger partial charge in [0, 0.05) is 25.5 Å². The summed E-state index contributed by atoms with van der Waals surface area (Å²) in [6, 6.07) is 0. The number of unbranched alkanes of at least 4 members (excludes halogenated alkanes) is 1. The van der Waals surface area contributed by atoms with E-state index in [9.17, 15) is 4.79 Å². The highest BCUT2D eigenvalue weighted by Gasteiger charge is 2.03. The molecule has 0 saturated heterocycles. The fourth-order valence-corrected chi connectivity index (χ4v) is 2.15. The Hall–Kier alpha value is -0.940. The van der Waals surface area contributed by atoms with Gasteiger partial charge in [-0.15, -0.1) is 11.3 Å². The van der Waals surface area contributed by atoms with Crippen LogP contribution in [0.4, 0.5) is 0 Å². The Bertz CT molecular complexity index is 339. The molecular formula is C12H20N2O2S. The average Bonchev–Trinajstić information content (AvgIpc) is 2.80. The van der Waals surface area contributed by atoms with Crippen LogP contribution in [0.5, 0.6) is 0 Å². The molecule has 1 rings (SSSR count). The first-order chi connectivity index (χ1) is 8.26. The molecule has 1 aromatic heterocycles. The summed E-state index contributed by atoms with van der Waals surface area (Å²) in [5.41, 5.74) is 0.956. The molecule has 0 aromatic carbocycles. The van der Waals surface area contributed by atoms with Crippen molar-refractivity contribution in [1.29, 1.82) is 0 Å². The van der Waals surface area contributed by atoms with Crippen LogP contribution in [0.2, 0.25) is 0 Å². The summed E-state index contributed by atoms with van der Waals surface area (Å²) >= 11 is 1.65. The number of nitrogens with zero attached hydrogens (tertiary/aromatic N) is 1. The van der Waals surface area contributed by atoms with Gasteiger partial charge in [0.15, 0.2) is 0 Å². The lowest BCUT2D eigenvalue weighted by Gasteiger charge is -2.03. The summed E-state index contributed by atoms with van der Waals surface area (Å²) in [4.78, 5) is 15.9. The number of aromatic nitrogens is 1. The van der Waals surface area contributed by atoms with Crippen molar-refractivity contribution in [3.05, 3.63) is 16.1 Å². The molecule has 17 heavy (non-hydrogen) atoms. The second-order valence-electron chi connectivity index (χ2n) is 3.81. The third kappa shape index (κ3) is 5.79. The van der Waals surface area contributed by atoms with E-state index < -0.39 is 0 Å². The van der Waals surface area contributed by atoms with Crippen molar-refractivity contribution in [2.75, 3.05) is 13.7 Å². The van der Waals surface area contributed by atoms with E-state index in [1.165, 1.54) is 0 Å². The third-order valence-corrected chi connectivity index (χ3v) is 3.41. The number of methoxy groups -OCH3 is 1. The summed E-state index contributed by atoms with van der Waals surface area (Å²) in [6.07, 6.45) is 3.32. The molecule has 0 atom stereocenters. The second-order valence-corrected chi connectivity index (χ2v) is 4.76. The van der Waals surface area contributed by atoms with Gasteiger partial charge in [-0.2, -0.15) is 0 Å². The van der Waals surface area contributed by atoms with Crippen molar-refractivity contribution in [2.45, 2.75) is 39.2 Å². The van der Waals surface area contributed by atoms with Gasteiger partial charge in [-0.05, 0) is 19.3 Å². The van der Waals surface area contributed by atoms with Gasteiger partial charge in [0.1, 0.15) is 0 Å². The van der Waals surface area contributed by atoms with Crippen molar-refractivity contribution in [2.24, 2.45) is 0 Å². The molecule has 0 unspecified atom stereocenters. The second kappa shape index (κ2) is 8.20. The topological polar surface area (TPSA) is 51.2 Å². The Labute approximate surface area is 106 Å². The van der Waals surface area contributed by atoms with E-state index in [0.717, 1.165) is 36.6 Å². The molecule has 5 heteroatoms.